The quantitative estimate of drug-likeness (QED) is 0.515. The molecule has 3 atom stereocenters. The third kappa shape index (κ3) is 1.50. The molecule has 2 rings (SSSR count). The predicted octanol–water partition coefficient (Wildman–Crippen LogP) is -0.225. The highest BCUT2D eigenvalue weighted by Gasteiger charge is 2.81. The number of rotatable bonds is 2. The van der Waals surface area contributed by atoms with E-state index in [2.05, 4.69) is 5.32 Å². The van der Waals surface area contributed by atoms with Crippen LogP contribution in [0.5, 0.6) is 0 Å². The van der Waals surface area contributed by atoms with Crippen molar-refractivity contribution in [2.75, 3.05) is 6.54 Å². The smallest absolute Gasteiger partial charge is 0.323 e. The average molecular weight is 241 g/mol. The number of hydrogen-bond donors (Lipinski definition) is 2. The van der Waals surface area contributed by atoms with Gasteiger partial charge in [0.1, 0.15) is 5.60 Å². The average Bonchev–Trinajstić information content (AvgIpc) is 2.71. The molecule has 94 valence electrons. The first-order chi connectivity index (χ1) is 7.71. The molecule has 1 heterocycles. The summed E-state index contributed by atoms with van der Waals surface area (Å²) in [6.07, 6.45) is 0. The number of carbonyl (C=O) groups excluding carboxylic acids is 2. The lowest BCUT2D eigenvalue weighted by atomic mass is 10.0. The Hall–Kier alpha value is -1.59. The van der Waals surface area contributed by atoms with Crippen LogP contribution in [-0.2, 0) is 19.1 Å². The van der Waals surface area contributed by atoms with Crippen LogP contribution < -0.4 is 5.32 Å². The van der Waals surface area contributed by atoms with Crippen molar-refractivity contribution in [3.63, 3.8) is 0 Å². The number of aliphatic carboxylic acids is 1. The molecule has 2 fully saturated rings. The zero-order chi connectivity index (χ0) is 13.0. The summed E-state index contributed by atoms with van der Waals surface area (Å²) in [5, 5.41) is 11.5. The van der Waals surface area contributed by atoms with Crippen molar-refractivity contribution in [1.82, 2.24) is 5.32 Å². The monoisotopic (exact) mass is 241 g/mol. The second kappa shape index (κ2) is 3.21. The van der Waals surface area contributed by atoms with Crippen molar-refractivity contribution in [1.29, 1.82) is 0 Å². The molecule has 2 N–H and O–H groups in total. The number of esters is 1. The lowest BCUT2D eigenvalue weighted by Crippen LogP contribution is -2.39. The second-order valence-electron chi connectivity index (χ2n) is 5.50. The maximum absolute atomic E-state index is 12.0. The fourth-order valence-corrected chi connectivity index (χ4v) is 2.50. The summed E-state index contributed by atoms with van der Waals surface area (Å²) in [7, 11) is 0. The fourth-order valence-electron chi connectivity index (χ4n) is 2.50. The van der Waals surface area contributed by atoms with E-state index in [0.717, 1.165) is 0 Å². The van der Waals surface area contributed by atoms with Crippen LogP contribution in [0.15, 0.2) is 0 Å². The number of carbonyl (C=O) groups is 3. The molecule has 0 aromatic rings. The molecular weight excluding hydrogens is 226 g/mol. The normalized spacial score (nSPS) is 34.9. The highest BCUT2D eigenvalue weighted by molar-refractivity contribution is 6.13. The van der Waals surface area contributed by atoms with Gasteiger partial charge in [0.25, 0.3) is 0 Å². The van der Waals surface area contributed by atoms with Crippen LogP contribution in [0.25, 0.3) is 0 Å². The molecule has 0 aromatic heterocycles. The number of carboxylic acids is 1. The zero-order valence-electron chi connectivity index (χ0n) is 9.94. The summed E-state index contributed by atoms with van der Waals surface area (Å²) >= 11 is 0. The van der Waals surface area contributed by atoms with E-state index in [-0.39, 0.29) is 6.54 Å². The van der Waals surface area contributed by atoms with E-state index in [0.29, 0.717) is 0 Å². The molecular formula is C11H15NO5. The van der Waals surface area contributed by atoms with Gasteiger partial charge in [0.2, 0.25) is 5.91 Å². The molecule has 1 aliphatic heterocycles. The summed E-state index contributed by atoms with van der Waals surface area (Å²) in [6.45, 7) is 5.28. The highest BCUT2D eigenvalue weighted by Crippen LogP contribution is 2.62. The molecule has 0 bridgehead atoms. The third-order valence-electron chi connectivity index (χ3n) is 3.23. The van der Waals surface area contributed by atoms with Crippen molar-refractivity contribution in [2.45, 2.75) is 26.4 Å². The van der Waals surface area contributed by atoms with Gasteiger partial charge in [0, 0.05) is 12.5 Å². The van der Waals surface area contributed by atoms with Crippen molar-refractivity contribution in [3.8, 4) is 0 Å². The van der Waals surface area contributed by atoms with Crippen LogP contribution in [0.1, 0.15) is 20.8 Å². The van der Waals surface area contributed by atoms with E-state index in [4.69, 9.17) is 9.84 Å². The number of fused-ring (bicyclic) bond motifs is 1. The van der Waals surface area contributed by atoms with Gasteiger partial charge in [0.15, 0.2) is 5.41 Å². The number of nitrogens with one attached hydrogen (secondary N) is 1. The van der Waals surface area contributed by atoms with Crippen LogP contribution in [0, 0.1) is 17.3 Å². The minimum absolute atomic E-state index is 0.231. The summed E-state index contributed by atoms with van der Waals surface area (Å²) in [6, 6.07) is 0. The Bertz CT molecular complexity index is 411. The van der Waals surface area contributed by atoms with Gasteiger partial charge in [-0.2, -0.15) is 0 Å². The number of hydrogen-bond acceptors (Lipinski definition) is 4. The molecule has 17 heavy (non-hydrogen) atoms. The number of ether oxygens (including phenoxy) is 1. The van der Waals surface area contributed by atoms with Gasteiger partial charge in [0.05, 0.1) is 5.92 Å². The molecule has 1 saturated heterocycles. The Morgan fingerprint density at radius 1 is 1.47 bits per heavy atom. The molecule has 0 aromatic carbocycles. The molecule has 6 nitrogen and oxygen atoms in total. The molecule has 1 saturated carbocycles. The summed E-state index contributed by atoms with van der Waals surface area (Å²) in [5.41, 5.74) is -2.22. The molecule has 2 aliphatic rings. The Labute approximate surface area is 98.3 Å². The van der Waals surface area contributed by atoms with E-state index in [9.17, 15) is 14.4 Å². The van der Waals surface area contributed by atoms with Gasteiger partial charge >= 0.3 is 11.9 Å². The Morgan fingerprint density at radius 3 is 2.47 bits per heavy atom. The lowest BCUT2D eigenvalue weighted by Gasteiger charge is -2.22. The molecule has 0 spiro atoms. The number of carboxylic acid groups (broad SMARTS) is 1. The topological polar surface area (TPSA) is 92.7 Å². The summed E-state index contributed by atoms with van der Waals surface area (Å²) < 4.78 is 5.15. The molecule has 6 heteroatoms. The van der Waals surface area contributed by atoms with Crippen molar-refractivity contribution in [3.05, 3.63) is 0 Å². The zero-order valence-corrected chi connectivity index (χ0v) is 9.94. The first-order valence-corrected chi connectivity index (χ1v) is 5.46. The third-order valence-corrected chi connectivity index (χ3v) is 3.23. The largest absolute Gasteiger partial charge is 0.481 e. The fraction of sp³-hybridized carbons (Fsp3) is 0.727. The van der Waals surface area contributed by atoms with Gasteiger partial charge in [-0.1, -0.05) is 0 Å². The molecule has 1 aliphatic carbocycles. The van der Waals surface area contributed by atoms with Crippen LogP contribution >= 0.6 is 0 Å². The minimum Gasteiger partial charge on any atom is -0.481 e. The Morgan fingerprint density at radius 2 is 2.06 bits per heavy atom. The predicted molar refractivity (Wildman–Crippen MR) is 55.9 cm³/mol. The number of amides is 1. The van der Waals surface area contributed by atoms with Crippen molar-refractivity contribution in [2.24, 2.45) is 17.3 Å². The Balaban J connectivity index is 2.26. The van der Waals surface area contributed by atoms with Gasteiger partial charge < -0.3 is 15.2 Å². The van der Waals surface area contributed by atoms with Crippen molar-refractivity contribution < 1.29 is 24.2 Å². The van der Waals surface area contributed by atoms with Crippen LogP contribution in [0.2, 0.25) is 0 Å². The SMILES string of the molecule is CC(C)(C)OC(=O)C12C(=O)NCC1C2C(=O)O. The van der Waals surface area contributed by atoms with Gasteiger partial charge in [-0.25, -0.2) is 0 Å². The Kier molecular flexibility index (Phi) is 2.24. The van der Waals surface area contributed by atoms with Gasteiger partial charge in [-0.3, -0.25) is 14.4 Å². The molecule has 1 amide bonds. The second-order valence-corrected chi connectivity index (χ2v) is 5.50. The lowest BCUT2D eigenvalue weighted by molar-refractivity contribution is -0.166. The van der Waals surface area contributed by atoms with Crippen LogP contribution in [0.4, 0.5) is 0 Å². The van der Waals surface area contributed by atoms with Crippen LogP contribution in [0.3, 0.4) is 0 Å². The standard InChI is InChI=1S/C11H15NO5/c1-10(2,3)17-9(16)11-5(4-12-8(11)15)6(11)7(13)14/h5-6H,4H2,1-3H3,(H,12,15)(H,13,14). The summed E-state index contributed by atoms with van der Waals surface area (Å²) in [5.74, 6) is -3.77. The summed E-state index contributed by atoms with van der Waals surface area (Å²) in [4.78, 5) is 34.7. The van der Waals surface area contributed by atoms with E-state index >= 15 is 0 Å². The first kappa shape index (κ1) is 11.9. The molecule has 3 unspecified atom stereocenters. The number of piperidine rings is 1. The van der Waals surface area contributed by atoms with E-state index in [1.165, 1.54) is 0 Å². The van der Waals surface area contributed by atoms with Gasteiger partial charge in [-0.05, 0) is 20.8 Å². The van der Waals surface area contributed by atoms with Crippen molar-refractivity contribution >= 4 is 17.8 Å². The van der Waals surface area contributed by atoms with E-state index < -0.39 is 40.7 Å². The molecule has 0 radical (unpaired) electrons. The van der Waals surface area contributed by atoms with E-state index in [1.54, 1.807) is 20.8 Å². The van der Waals surface area contributed by atoms with Crippen LogP contribution in [-0.4, -0.2) is 35.1 Å². The highest BCUT2D eigenvalue weighted by atomic mass is 16.6. The first-order valence-electron chi connectivity index (χ1n) is 5.46. The van der Waals surface area contributed by atoms with Gasteiger partial charge in [-0.15, -0.1) is 0 Å². The van der Waals surface area contributed by atoms with E-state index in [1.807, 2.05) is 0 Å². The minimum atomic E-state index is -1.49. The maximum Gasteiger partial charge on any atom is 0.323 e. The maximum atomic E-state index is 12.0.